The number of hydrogen-bond donors (Lipinski definition) is 0. The van der Waals surface area contributed by atoms with E-state index in [1.807, 2.05) is 0 Å². The molecule has 0 heterocycles. The van der Waals surface area contributed by atoms with E-state index in [1.165, 1.54) is 0 Å². The summed E-state index contributed by atoms with van der Waals surface area (Å²) in [4.78, 5) is 0. The first kappa shape index (κ1) is 27.6. The molecular formula is H4CdHgPTe. The predicted molar refractivity (Wildman–Crippen MR) is 18.3 cm³/mol. The Labute approximate surface area is 86.9 Å². The fraction of sp³-hybridized carbons (Fsp3) is 0. The molecule has 1 unspecified atom stereocenters. The van der Waals surface area contributed by atoms with Gasteiger partial charge in [-0.15, -0.1) is 0 Å². The molecule has 0 amide bonds. The second kappa shape index (κ2) is 16.5. The first-order chi connectivity index (χ1) is 0. The Balaban J connectivity index is 0. The summed E-state index contributed by atoms with van der Waals surface area (Å²) in [5.74, 6) is 0. The van der Waals surface area contributed by atoms with E-state index >= 15 is 0 Å². The Kier molecular flexibility index (Phi) is 114. The van der Waals surface area contributed by atoms with Gasteiger partial charge in [-0.3, -0.25) is 0 Å². The summed E-state index contributed by atoms with van der Waals surface area (Å²) in [6, 6.07) is 0. The Morgan fingerprint density at radius 1 is 1.00 bits per heavy atom. The summed E-state index contributed by atoms with van der Waals surface area (Å²) in [6.45, 7) is 0. The Bertz CT molecular complexity index is 8.00. The molecule has 4 heavy (non-hydrogen) atoms. The van der Waals surface area contributed by atoms with Crippen molar-refractivity contribution in [3.8, 4) is 0 Å². The molecule has 0 aromatic rings. The van der Waals surface area contributed by atoms with Crippen LogP contribution in [0.4, 0.5) is 0 Å². The third-order valence-electron chi connectivity index (χ3n) is 0. The third-order valence-corrected chi connectivity index (χ3v) is 0. The first-order valence-corrected chi connectivity index (χ1v) is 0. The zero-order valence-corrected chi connectivity index (χ0v) is 16.1. The summed E-state index contributed by atoms with van der Waals surface area (Å²) >= 11 is 0. The van der Waals surface area contributed by atoms with Crippen LogP contribution in [0.1, 0.15) is 0 Å². The van der Waals surface area contributed by atoms with Gasteiger partial charge in [0.2, 0.25) is 0 Å². The molecule has 0 nitrogen and oxygen atoms in total. The molecule has 1 radical (unpaired) electrons. The van der Waals surface area contributed by atoms with E-state index in [0.29, 0.717) is 0 Å². The van der Waals surface area contributed by atoms with Crippen LogP contribution in [0.3, 0.4) is 0 Å². The molecule has 0 saturated carbocycles. The van der Waals surface area contributed by atoms with E-state index in [2.05, 4.69) is 0 Å². The van der Waals surface area contributed by atoms with E-state index in [0.717, 1.165) is 0 Å². The maximum absolute atomic E-state index is 0. The molecule has 1 atom stereocenters. The predicted octanol–water partition coefficient (Wildman–Crippen LogP) is -0.595. The van der Waals surface area contributed by atoms with Crippen LogP contribution in [0.15, 0.2) is 0 Å². The molecule has 4 heteroatoms. The number of hydrogen-bond acceptors (Lipinski definition) is 0. The van der Waals surface area contributed by atoms with E-state index < -0.39 is 0 Å². The molecule has 0 N–H and O–H groups in total. The molecule has 0 bridgehead atoms. The van der Waals surface area contributed by atoms with Crippen molar-refractivity contribution in [1.82, 2.24) is 0 Å². The molecule has 19 valence electrons. The Morgan fingerprint density at radius 2 is 1.00 bits per heavy atom. The van der Waals surface area contributed by atoms with Crippen molar-refractivity contribution < 1.29 is 55.0 Å². The van der Waals surface area contributed by atoms with Gasteiger partial charge >= 0.3 is 23.7 Å². The molecule has 0 saturated heterocycles. The van der Waals surface area contributed by atoms with Crippen molar-refractivity contribution in [3.63, 3.8) is 0 Å². The van der Waals surface area contributed by atoms with Crippen LogP contribution in [0.2, 0.25) is 0 Å². The molecule has 0 aromatic carbocycles. The monoisotopic (exact) mass is 481 g/mol. The molecular weight excluding hydrogens is 472 g/mol. The van der Waals surface area contributed by atoms with Gasteiger partial charge in [0.15, 0.2) is 0 Å². The molecule has 0 spiro atoms. The van der Waals surface area contributed by atoms with Crippen LogP contribution in [0.5, 0.6) is 0 Å². The first-order valence-electron chi connectivity index (χ1n) is 0. The quantitative estimate of drug-likeness (QED) is 0.325. The van der Waals surface area contributed by atoms with Crippen molar-refractivity contribution in [1.29, 1.82) is 0 Å². The average molecular weight is 476 g/mol. The second-order valence-electron chi connectivity index (χ2n) is 0. The van der Waals surface area contributed by atoms with Crippen LogP contribution >= 0.6 is 9.90 Å². The van der Waals surface area contributed by atoms with Crippen molar-refractivity contribution >= 4 is 33.6 Å². The summed E-state index contributed by atoms with van der Waals surface area (Å²) in [5, 5.41) is 0. The normalized spacial score (nSPS) is 0. The maximum atomic E-state index is 0. The molecule has 0 rings (SSSR count). The van der Waals surface area contributed by atoms with Gasteiger partial charge in [-0.05, 0) is 0 Å². The SMILES string of the molecule is P.[Cd].[Hg].[TeH]. The molecule has 0 aromatic heterocycles. The molecule has 0 aliphatic rings. The van der Waals surface area contributed by atoms with Gasteiger partial charge in [0.1, 0.15) is 0 Å². The van der Waals surface area contributed by atoms with Crippen molar-refractivity contribution in [2.75, 3.05) is 0 Å². The van der Waals surface area contributed by atoms with Crippen LogP contribution in [0, 0.1) is 0 Å². The van der Waals surface area contributed by atoms with Gasteiger partial charge in [-0.1, -0.05) is 0 Å². The van der Waals surface area contributed by atoms with Gasteiger partial charge in [0.05, 0.1) is 0 Å². The Hall–Kier alpha value is 3.08. The van der Waals surface area contributed by atoms with E-state index in [-0.39, 0.29) is 88.5 Å². The van der Waals surface area contributed by atoms with Gasteiger partial charge < -0.3 is 0 Å². The average Bonchev–Trinajstić information content (AvgIpc) is 0. The Morgan fingerprint density at radius 3 is 1.00 bits per heavy atom. The summed E-state index contributed by atoms with van der Waals surface area (Å²) < 4.78 is 0. The van der Waals surface area contributed by atoms with Crippen LogP contribution in [-0.2, 0) is 55.0 Å². The van der Waals surface area contributed by atoms with Crippen LogP contribution in [0.25, 0.3) is 0 Å². The van der Waals surface area contributed by atoms with Gasteiger partial charge in [0, 0.05) is 55.0 Å². The molecule has 0 aliphatic heterocycles. The van der Waals surface area contributed by atoms with Gasteiger partial charge in [-0.25, -0.2) is 0 Å². The summed E-state index contributed by atoms with van der Waals surface area (Å²) in [7, 11) is 0. The number of rotatable bonds is 0. The zero-order chi connectivity index (χ0) is 0. The molecule has 0 fully saturated rings. The third kappa shape index (κ3) is 8.91. The standard InChI is InChI=1S/Cd.Hg.H3P.HTe/h;;1H3;1H. The van der Waals surface area contributed by atoms with Crippen molar-refractivity contribution in [2.45, 2.75) is 0 Å². The summed E-state index contributed by atoms with van der Waals surface area (Å²) in [5.41, 5.74) is 0. The van der Waals surface area contributed by atoms with Crippen molar-refractivity contribution in [2.24, 2.45) is 0 Å². The van der Waals surface area contributed by atoms with E-state index in [4.69, 9.17) is 0 Å². The van der Waals surface area contributed by atoms with E-state index in [9.17, 15) is 0 Å². The fourth-order valence-electron chi connectivity index (χ4n) is 0. The van der Waals surface area contributed by atoms with E-state index in [1.54, 1.807) is 0 Å². The fourth-order valence-corrected chi connectivity index (χ4v) is 0. The van der Waals surface area contributed by atoms with Crippen molar-refractivity contribution in [3.05, 3.63) is 0 Å². The minimum atomic E-state index is 0. The summed E-state index contributed by atoms with van der Waals surface area (Å²) in [6.07, 6.45) is 0. The molecule has 0 aliphatic carbocycles. The van der Waals surface area contributed by atoms with Gasteiger partial charge in [0.25, 0.3) is 0 Å². The topological polar surface area (TPSA) is 0 Å². The van der Waals surface area contributed by atoms with Crippen LogP contribution in [-0.4, -0.2) is 23.7 Å². The minimum absolute atomic E-state index is 0. The van der Waals surface area contributed by atoms with Crippen LogP contribution < -0.4 is 0 Å². The second-order valence-corrected chi connectivity index (χ2v) is 0. The van der Waals surface area contributed by atoms with Gasteiger partial charge in [-0.2, -0.15) is 9.90 Å². The zero-order valence-electron chi connectivity index (χ0n) is 2.57.